The molecule has 1 amide bonds. The number of likely N-dealkylation sites (N-methyl/N-ethyl adjacent to an activating group) is 1. The van der Waals surface area contributed by atoms with Gasteiger partial charge < -0.3 is 9.80 Å². The highest BCUT2D eigenvalue weighted by Gasteiger charge is 2.14. The van der Waals surface area contributed by atoms with Gasteiger partial charge in [0.1, 0.15) is 0 Å². The van der Waals surface area contributed by atoms with Crippen molar-refractivity contribution in [2.45, 2.75) is 6.92 Å². The molecule has 12 heavy (non-hydrogen) atoms. The number of amides is 1. The normalized spacial score (nSPS) is 17.7. The van der Waals surface area contributed by atoms with E-state index < -0.39 is 0 Å². The van der Waals surface area contributed by atoms with E-state index in [0.29, 0.717) is 0 Å². The van der Waals surface area contributed by atoms with Crippen molar-refractivity contribution in [3.05, 3.63) is 0 Å². The molecule has 1 aliphatic heterocycles. The minimum absolute atomic E-state index is 0. The van der Waals surface area contributed by atoms with Gasteiger partial charge in [0.2, 0.25) is 5.91 Å². The van der Waals surface area contributed by atoms with Gasteiger partial charge in [-0.2, -0.15) is 0 Å². The summed E-state index contributed by atoms with van der Waals surface area (Å²) in [4.78, 5) is 14.9. The summed E-state index contributed by atoms with van der Waals surface area (Å²) < 4.78 is 0. The van der Waals surface area contributed by atoms with E-state index in [1.165, 1.54) is 0 Å². The Hall–Kier alpha value is 0.01000. The second kappa shape index (κ2) is 6.52. The Kier molecular flexibility index (Phi) is 7.89. The van der Waals surface area contributed by atoms with E-state index in [2.05, 4.69) is 11.9 Å². The summed E-state index contributed by atoms with van der Waals surface area (Å²) >= 11 is 0. The van der Waals surface area contributed by atoms with Crippen molar-refractivity contribution in [1.82, 2.24) is 9.80 Å². The zero-order valence-electron chi connectivity index (χ0n) is 7.45. The van der Waals surface area contributed by atoms with Gasteiger partial charge in [0.15, 0.2) is 0 Å². The van der Waals surface area contributed by atoms with Gasteiger partial charge in [0, 0.05) is 33.1 Å². The van der Waals surface area contributed by atoms with Crippen LogP contribution in [0.25, 0.3) is 0 Å². The second-order valence-electron chi connectivity index (χ2n) is 2.81. The Labute approximate surface area is 85.9 Å². The van der Waals surface area contributed by atoms with Crippen LogP contribution in [0.5, 0.6) is 0 Å². The Morgan fingerprint density at radius 2 is 1.50 bits per heavy atom. The SMILES string of the molecule is CC(=O)N1CCN(C)CC1.Cl.Cl. The third-order valence-electron chi connectivity index (χ3n) is 1.95. The first-order chi connectivity index (χ1) is 4.70. The summed E-state index contributed by atoms with van der Waals surface area (Å²) in [7, 11) is 2.08. The molecule has 1 heterocycles. The number of halogens is 2. The summed E-state index contributed by atoms with van der Waals surface area (Å²) in [6.45, 7) is 5.45. The molecule has 0 bridgehead atoms. The molecule has 0 saturated carbocycles. The van der Waals surface area contributed by atoms with Gasteiger partial charge in [-0.25, -0.2) is 0 Å². The molecule has 0 N–H and O–H groups in total. The van der Waals surface area contributed by atoms with Crippen LogP contribution in [-0.4, -0.2) is 48.9 Å². The van der Waals surface area contributed by atoms with Crippen molar-refractivity contribution < 1.29 is 4.79 Å². The van der Waals surface area contributed by atoms with E-state index >= 15 is 0 Å². The maximum absolute atomic E-state index is 10.8. The standard InChI is InChI=1S/C7H14N2O.2ClH/c1-7(10)9-5-3-8(2)4-6-9;;/h3-6H2,1-2H3;2*1H. The Balaban J connectivity index is 0. The lowest BCUT2D eigenvalue weighted by Crippen LogP contribution is -2.46. The molecule has 0 aromatic rings. The van der Waals surface area contributed by atoms with Crippen molar-refractivity contribution in [3.8, 4) is 0 Å². The van der Waals surface area contributed by atoms with Gasteiger partial charge in [0.25, 0.3) is 0 Å². The first kappa shape index (κ1) is 14.5. The predicted molar refractivity (Wildman–Crippen MR) is 54.2 cm³/mol. The molecule has 1 rings (SSSR count). The number of carbonyl (C=O) groups is 1. The lowest BCUT2D eigenvalue weighted by Gasteiger charge is -2.31. The Morgan fingerprint density at radius 1 is 1.08 bits per heavy atom. The molecule has 0 radical (unpaired) electrons. The van der Waals surface area contributed by atoms with Crippen LogP contribution in [0.4, 0.5) is 0 Å². The molecule has 0 atom stereocenters. The monoisotopic (exact) mass is 214 g/mol. The van der Waals surface area contributed by atoms with Crippen LogP contribution in [0.1, 0.15) is 6.92 Å². The van der Waals surface area contributed by atoms with Crippen LogP contribution in [-0.2, 0) is 4.79 Å². The summed E-state index contributed by atoms with van der Waals surface area (Å²) in [5.41, 5.74) is 0. The lowest BCUT2D eigenvalue weighted by atomic mass is 10.3. The molecule has 0 aromatic heterocycles. The average molecular weight is 215 g/mol. The van der Waals surface area contributed by atoms with E-state index in [1.54, 1.807) is 6.92 Å². The maximum atomic E-state index is 10.8. The minimum atomic E-state index is 0. The highest BCUT2D eigenvalue weighted by Crippen LogP contribution is 1.98. The first-order valence-electron chi connectivity index (χ1n) is 3.64. The van der Waals surface area contributed by atoms with Gasteiger partial charge in [-0.3, -0.25) is 4.79 Å². The molecule has 3 nitrogen and oxygen atoms in total. The molecule has 74 valence electrons. The summed E-state index contributed by atoms with van der Waals surface area (Å²) in [5, 5.41) is 0. The third-order valence-corrected chi connectivity index (χ3v) is 1.95. The molecular formula is C7H16Cl2N2O. The van der Waals surface area contributed by atoms with E-state index in [1.807, 2.05) is 4.90 Å². The largest absolute Gasteiger partial charge is 0.340 e. The highest BCUT2D eigenvalue weighted by molar-refractivity contribution is 5.85. The van der Waals surface area contributed by atoms with Gasteiger partial charge in [-0.1, -0.05) is 0 Å². The van der Waals surface area contributed by atoms with Crippen LogP contribution < -0.4 is 0 Å². The number of nitrogens with zero attached hydrogens (tertiary/aromatic N) is 2. The zero-order chi connectivity index (χ0) is 7.56. The molecule has 1 fully saturated rings. The maximum Gasteiger partial charge on any atom is 0.219 e. The fourth-order valence-electron chi connectivity index (χ4n) is 1.12. The molecule has 1 aliphatic rings. The molecule has 0 spiro atoms. The van der Waals surface area contributed by atoms with Crippen molar-refractivity contribution in [3.63, 3.8) is 0 Å². The number of carbonyl (C=O) groups excluding carboxylic acids is 1. The number of hydrogen-bond acceptors (Lipinski definition) is 2. The van der Waals surface area contributed by atoms with Crippen LogP contribution in [0, 0.1) is 0 Å². The summed E-state index contributed by atoms with van der Waals surface area (Å²) in [6, 6.07) is 0. The van der Waals surface area contributed by atoms with Crippen molar-refractivity contribution in [1.29, 1.82) is 0 Å². The fraction of sp³-hybridized carbons (Fsp3) is 0.857. The van der Waals surface area contributed by atoms with E-state index in [-0.39, 0.29) is 30.7 Å². The number of piperazine rings is 1. The van der Waals surface area contributed by atoms with Crippen molar-refractivity contribution in [2.24, 2.45) is 0 Å². The zero-order valence-corrected chi connectivity index (χ0v) is 9.08. The number of hydrogen-bond donors (Lipinski definition) is 0. The highest BCUT2D eigenvalue weighted by atomic mass is 35.5. The molecule has 1 saturated heterocycles. The van der Waals surface area contributed by atoms with E-state index in [4.69, 9.17) is 0 Å². The predicted octanol–water partition coefficient (Wildman–Crippen LogP) is 0.624. The molecule has 5 heteroatoms. The lowest BCUT2D eigenvalue weighted by molar-refractivity contribution is -0.130. The van der Waals surface area contributed by atoms with Gasteiger partial charge >= 0.3 is 0 Å². The van der Waals surface area contributed by atoms with Crippen molar-refractivity contribution >= 4 is 30.7 Å². The van der Waals surface area contributed by atoms with Gasteiger partial charge in [-0.15, -0.1) is 24.8 Å². The van der Waals surface area contributed by atoms with E-state index in [9.17, 15) is 4.79 Å². The molecule has 0 unspecified atom stereocenters. The summed E-state index contributed by atoms with van der Waals surface area (Å²) in [5.74, 6) is 0.202. The smallest absolute Gasteiger partial charge is 0.219 e. The van der Waals surface area contributed by atoms with Crippen LogP contribution in [0.2, 0.25) is 0 Å². The minimum Gasteiger partial charge on any atom is -0.340 e. The summed E-state index contributed by atoms with van der Waals surface area (Å²) in [6.07, 6.45) is 0. The second-order valence-corrected chi connectivity index (χ2v) is 2.81. The Morgan fingerprint density at radius 3 is 1.83 bits per heavy atom. The van der Waals surface area contributed by atoms with Crippen LogP contribution >= 0.6 is 24.8 Å². The first-order valence-corrected chi connectivity index (χ1v) is 3.64. The quantitative estimate of drug-likeness (QED) is 0.591. The number of rotatable bonds is 0. The fourth-order valence-corrected chi connectivity index (χ4v) is 1.12. The molecular weight excluding hydrogens is 199 g/mol. The van der Waals surface area contributed by atoms with Crippen LogP contribution in [0.15, 0.2) is 0 Å². The van der Waals surface area contributed by atoms with E-state index in [0.717, 1.165) is 26.2 Å². The van der Waals surface area contributed by atoms with Crippen molar-refractivity contribution in [2.75, 3.05) is 33.2 Å². The topological polar surface area (TPSA) is 23.6 Å². The van der Waals surface area contributed by atoms with Gasteiger partial charge in [-0.05, 0) is 7.05 Å². The van der Waals surface area contributed by atoms with Gasteiger partial charge in [0.05, 0.1) is 0 Å². The molecule has 0 aliphatic carbocycles. The third kappa shape index (κ3) is 4.14. The molecule has 0 aromatic carbocycles. The Bertz CT molecular complexity index is 135. The van der Waals surface area contributed by atoms with Crippen LogP contribution in [0.3, 0.4) is 0 Å². The average Bonchev–Trinajstić information content (AvgIpc) is 1.88.